The Hall–Kier alpha value is -0.430. The third-order valence-electron chi connectivity index (χ3n) is 3.48. The Morgan fingerprint density at radius 1 is 1.47 bits per heavy atom. The van der Waals surface area contributed by atoms with Gasteiger partial charge in [0, 0.05) is 29.6 Å². The van der Waals surface area contributed by atoms with Gasteiger partial charge in [0.15, 0.2) is 0 Å². The van der Waals surface area contributed by atoms with E-state index in [1.807, 2.05) is 12.1 Å². The molecule has 0 radical (unpaired) electrons. The van der Waals surface area contributed by atoms with Crippen molar-refractivity contribution < 1.29 is 8.42 Å². The lowest BCUT2D eigenvalue weighted by atomic mass is 10.1. The Bertz CT molecular complexity index is 547. The largest absolute Gasteiger partial charge is 0.295 e. The normalized spacial score (nSPS) is 22.6. The van der Waals surface area contributed by atoms with E-state index in [9.17, 15) is 8.42 Å². The first-order valence-electron chi connectivity index (χ1n) is 6.32. The van der Waals surface area contributed by atoms with E-state index in [1.54, 1.807) is 0 Å². The van der Waals surface area contributed by atoms with E-state index in [-0.39, 0.29) is 6.04 Å². The minimum atomic E-state index is -3.11. The van der Waals surface area contributed by atoms with Gasteiger partial charge in [0.05, 0.1) is 6.26 Å². The molecule has 19 heavy (non-hydrogen) atoms. The molecule has 1 N–H and O–H groups in total. The molecule has 2 unspecified atom stereocenters. The molecule has 1 aliphatic heterocycles. The predicted octanol–water partition coefficient (Wildman–Crippen LogP) is 2.13. The van der Waals surface area contributed by atoms with Crippen molar-refractivity contribution in [3.8, 4) is 0 Å². The van der Waals surface area contributed by atoms with Crippen molar-refractivity contribution in [3.63, 3.8) is 0 Å². The SMILES string of the molecule is CC(c1cccc(Br)c1)N1CCC(NS(C)(=O)=O)C1. The fourth-order valence-electron chi connectivity index (χ4n) is 2.52. The minimum Gasteiger partial charge on any atom is -0.295 e. The van der Waals surface area contributed by atoms with E-state index >= 15 is 0 Å². The van der Waals surface area contributed by atoms with Crippen LogP contribution in [0.1, 0.15) is 24.9 Å². The Kier molecular flexibility index (Phi) is 4.66. The molecule has 0 saturated carbocycles. The van der Waals surface area contributed by atoms with Crippen LogP contribution in [0.25, 0.3) is 0 Å². The average Bonchev–Trinajstić information content (AvgIpc) is 2.74. The minimum absolute atomic E-state index is 0.0320. The number of hydrogen-bond acceptors (Lipinski definition) is 3. The summed E-state index contributed by atoms with van der Waals surface area (Å²) in [5.41, 5.74) is 1.24. The molecule has 1 heterocycles. The van der Waals surface area contributed by atoms with Gasteiger partial charge in [0.2, 0.25) is 10.0 Å². The van der Waals surface area contributed by atoms with Crippen LogP contribution in [-0.4, -0.2) is 38.7 Å². The van der Waals surface area contributed by atoms with Crippen molar-refractivity contribution >= 4 is 26.0 Å². The molecule has 0 spiro atoms. The second kappa shape index (κ2) is 5.91. The van der Waals surface area contributed by atoms with Crippen molar-refractivity contribution in [2.75, 3.05) is 19.3 Å². The van der Waals surface area contributed by atoms with Crippen molar-refractivity contribution in [1.82, 2.24) is 9.62 Å². The van der Waals surface area contributed by atoms with Crippen LogP contribution >= 0.6 is 15.9 Å². The van der Waals surface area contributed by atoms with Crippen LogP contribution in [-0.2, 0) is 10.0 Å². The van der Waals surface area contributed by atoms with Gasteiger partial charge in [-0.25, -0.2) is 13.1 Å². The molecular formula is C13H19BrN2O2S. The van der Waals surface area contributed by atoms with Gasteiger partial charge >= 0.3 is 0 Å². The smallest absolute Gasteiger partial charge is 0.208 e. The number of likely N-dealkylation sites (tertiary alicyclic amines) is 1. The maximum Gasteiger partial charge on any atom is 0.208 e. The number of nitrogens with one attached hydrogen (secondary N) is 1. The Morgan fingerprint density at radius 2 is 2.21 bits per heavy atom. The van der Waals surface area contributed by atoms with E-state index in [4.69, 9.17) is 0 Å². The molecule has 0 bridgehead atoms. The van der Waals surface area contributed by atoms with Gasteiger partial charge in [-0.05, 0) is 31.0 Å². The highest BCUT2D eigenvalue weighted by Gasteiger charge is 2.28. The van der Waals surface area contributed by atoms with Crippen LogP contribution < -0.4 is 4.72 Å². The van der Waals surface area contributed by atoms with Crippen LogP contribution in [0.2, 0.25) is 0 Å². The Balaban J connectivity index is 2.01. The summed E-state index contributed by atoms with van der Waals surface area (Å²) < 4.78 is 26.2. The molecule has 4 nitrogen and oxygen atoms in total. The number of benzene rings is 1. The van der Waals surface area contributed by atoms with E-state index in [2.05, 4.69) is 44.6 Å². The van der Waals surface area contributed by atoms with Gasteiger partial charge in [-0.1, -0.05) is 28.1 Å². The summed E-state index contributed by atoms with van der Waals surface area (Å²) in [7, 11) is -3.11. The molecule has 2 atom stereocenters. The van der Waals surface area contributed by atoms with Gasteiger partial charge in [0.25, 0.3) is 0 Å². The molecule has 1 saturated heterocycles. The molecular weight excluding hydrogens is 328 g/mol. The van der Waals surface area contributed by atoms with Crippen LogP contribution in [0.3, 0.4) is 0 Å². The quantitative estimate of drug-likeness (QED) is 0.908. The highest BCUT2D eigenvalue weighted by atomic mass is 79.9. The summed E-state index contributed by atoms with van der Waals surface area (Å²) in [6, 6.07) is 8.58. The average molecular weight is 347 g/mol. The van der Waals surface area contributed by atoms with Crippen LogP contribution in [0.5, 0.6) is 0 Å². The molecule has 0 amide bonds. The zero-order valence-corrected chi connectivity index (χ0v) is 13.5. The lowest BCUT2D eigenvalue weighted by Crippen LogP contribution is -2.36. The highest BCUT2D eigenvalue weighted by molar-refractivity contribution is 9.10. The number of rotatable bonds is 4. The van der Waals surface area contributed by atoms with E-state index in [0.29, 0.717) is 6.04 Å². The summed E-state index contributed by atoms with van der Waals surface area (Å²) in [6.07, 6.45) is 2.08. The predicted molar refractivity (Wildman–Crippen MR) is 80.5 cm³/mol. The van der Waals surface area contributed by atoms with E-state index in [0.717, 1.165) is 24.0 Å². The molecule has 0 aromatic heterocycles. The topological polar surface area (TPSA) is 49.4 Å². The standard InChI is InChI=1S/C13H19BrN2O2S/c1-10(11-4-3-5-12(14)8-11)16-7-6-13(9-16)15-19(2,17)18/h3-5,8,10,13,15H,6-7,9H2,1-2H3. The van der Waals surface area contributed by atoms with Crippen molar-refractivity contribution in [3.05, 3.63) is 34.3 Å². The van der Waals surface area contributed by atoms with Crippen molar-refractivity contribution in [2.45, 2.75) is 25.4 Å². The molecule has 1 aromatic carbocycles. The van der Waals surface area contributed by atoms with Gasteiger partial charge in [-0.3, -0.25) is 4.90 Å². The number of nitrogens with zero attached hydrogens (tertiary/aromatic N) is 1. The molecule has 106 valence electrons. The van der Waals surface area contributed by atoms with Crippen LogP contribution in [0, 0.1) is 0 Å². The monoisotopic (exact) mass is 346 g/mol. The third-order valence-corrected chi connectivity index (χ3v) is 4.73. The molecule has 1 aliphatic rings. The Labute approximate surface area is 123 Å². The number of hydrogen-bond donors (Lipinski definition) is 1. The second-order valence-electron chi connectivity index (χ2n) is 5.10. The third kappa shape index (κ3) is 4.27. The van der Waals surface area contributed by atoms with E-state index in [1.165, 1.54) is 11.8 Å². The van der Waals surface area contributed by atoms with Gasteiger partial charge < -0.3 is 0 Å². The zero-order chi connectivity index (χ0) is 14.0. The van der Waals surface area contributed by atoms with Gasteiger partial charge in [-0.2, -0.15) is 0 Å². The summed E-state index contributed by atoms with van der Waals surface area (Å²) in [6.45, 7) is 3.84. The first-order valence-corrected chi connectivity index (χ1v) is 9.00. The van der Waals surface area contributed by atoms with Gasteiger partial charge in [-0.15, -0.1) is 0 Å². The van der Waals surface area contributed by atoms with Gasteiger partial charge in [0.1, 0.15) is 0 Å². The maximum atomic E-state index is 11.2. The summed E-state index contributed by atoms with van der Waals surface area (Å²) >= 11 is 3.48. The maximum absolute atomic E-state index is 11.2. The Morgan fingerprint density at radius 3 is 2.84 bits per heavy atom. The lowest BCUT2D eigenvalue weighted by Gasteiger charge is -2.25. The van der Waals surface area contributed by atoms with Crippen LogP contribution in [0.4, 0.5) is 0 Å². The number of sulfonamides is 1. The fraction of sp³-hybridized carbons (Fsp3) is 0.538. The summed E-state index contributed by atoms with van der Waals surface area (Å²) in [5.74, 6) is 0. The first-order chi connectivity index (χ1) is 8.85. The molecule has 0 aliphatic carbocycles. The van der Waals surface area contributed by atoms with Crippen LogP contribution in [0.15, 0.2) is 28.7 Å². The second-order valence-corrected chi connectivity index (χ2v) is 7.80. The van der Waals surface area contributed by atoms with E-state index < -0.39 is 10.0 Å². The van der Waals surface area contributed by atoms with Crippen molar-refractivity contribution in [1.29, 1.82) is 0 Å². The highest BCUT2D eigenvalue weighted by Crippen LogP contribution is 2.26. The number of halogens is 1. The fourth-order valence-corrected chi connectivity index (χ4v) is 3.73. The molecule has 2 rings (SSSR count). The molecule has 6 heteroatoms. The summed E-state index contributed by atoms with van der Waals surface area (Å²) in [4.78, 5) is 2.31. The lowest BCUT2D eigenvalue weighted by molar-refractivity contribution is 0.258. The first kappa shape index (κ1) is 15.0. The molecule has 1 aromatic rings. The van der Waals surface area contributed by atoms with Crippen molar-refractivity contribution in [2.24, 2.45) is 0 Å². The summed E-state index contributed by atoms with van der Waals surface area (Å²) in [5, 5.41) is 0. The zero-order valence-electron chi connectivity index (χ0n) is 11.1. The molecule has 1 fully saturated rings.